The van der Waals surface area contributed by atoms with Crippen LogP contribution in [0.5, 0.6) is 5.75 Å². The number of ether oxygens (including phenoxy) is 2. The van der Waals surface area contributed by atoms with Gasteiger partial charge in [0, 0.05) is 24.5 Å². The molecule has 3 rings (SSSR count). The van der Waals surface area contributed by atoms with E-state index >= 15 is 0 Å². The van der Waals surface area contributed by atoms with Gasteiger partial charge in [0.2, 0.25) is 0 Å². The van der Waals surface area contributed by atoms with E-state index in [0.29, 0.717) is 5.75 Å². The molecule has 0 atom stereocenters. The highest BCUT2D eigenvalue weighted by Crippen LogP contribution is 2.19. The summed E-state index contributed by atoms with van der Waals surface area (Å²) in [5.41, 5.74) is 1.96. The van der Waals surface area contributed by atoms with Gasteiger partial charge >= 0.3 is 0 Å². The molecular weight excluding hydrogens is 350 g/mol. The number of anilines is 2. The van der Waals surface area contributed by atoms with Gasteiger partial charge in [-0.05, 0) is 48.6 Å². The Kier molecular flexibility index (Phi) is 6.40. The number of morpholine rings is 1. The van der Waals surface area contributed by atoms with Crippen molar-refractivity contribution in [2.45, 2.75) is 0 Å². The van der Waals surface area contributed by atoms with Crippen molar-refractivity contribution < 1.29 is 14.3 Å². The molecule has 2 N–H and O–H groups in total. The van der Waals surface area contributed by atoms with Crippen molar-refractivity contribution in [3.63, 3.8) is 0 Å². The molecule has 2 aromatic rings. The minimum absolute atomic E-state index is 0.0954. The van der Waals surface area contributed by atoms with Gasteiger partial charge in [-0.2, -0.15) is 0 Å². The van der Waals surface area contributed by atoms with E-state index in [1.807, 2.05) is 42.5 Å². The van der Waals surface area contributed by atoms with Crippen LogP contribution in [-0.4, -0.2) is 43.9 Å². The van der Waals surface area contributed by atoms with Gasteiger partial charge < -0.3 is 19.7 Å². The lowest BCUT2D eigenvalue weighted by molar-refractivity contribution is -0.121. The summed E-state index contributed by atoms with van der Waals surface area (Å²) in [6, 6.07) is 17.1. The Bertz CT molecular complexity index is 731. The molecule has 0 aromatic heterocycles. The third kappa shape index (κ3) is 5.44. The predicted molar refractivity (Wildman–Crippen MR) is 106 cm³/mol. The molecule has 1 amide bonds. The number of carbonyl (C=O) groups excluding carboxylic acids is 1. The van der Waals surface area contributed by atoms with Gasteiger partial charge in [0.25, 0.3) is 5.91 Å². The van der Waals surface area contributed by atoms with Crippen LogP contribution in [0.4, 0.5) is 11.4 Å². The molecule has 1 heterocycles. The Hall–Kier alpha value is -2.64. The van der Waals surface area contributed by atoms with Crippen molar-refractivity contribution in [1.29, 1.82) is 0 Å². The summed E-state index contributed by atoms with van der Waals surface area (Å²) in [6.07, 6.45) is 0. The van der Waals surface area contributed by atoms with Crippen molar-refractivity contribution in [1.82, 2.24) is 5.32 Å². The third-order valence-corrected chi connectivity index (χ3v) is 4.07. The van der Waals surface area contributed by atoms with Gasteiger partial charge in [0.15, 0.2) is 11.7 Å². The summed E-state index contributed by atoms with van der Waals surface area (Å²) in [6.45, 7) is 3.19. The Morgan fingerprint density at radius 1 is 1.08 bits per heavy atom. The first-order valence-electron chi connectivity index (χ1n) is 8.42. The zero-order chi connectivity index (χ0) is 18.2. The fourth-order valence-corrected chi connectivity index (χ4v) is 2.80. The van der Waals surface area contributed by atoms with Gasteiger partial charge in [-0.15, -0.1) is 0 Å². The summed E-state index contributed by atoms with van der Waals surface area (Å²) < 4.78 is 10.7. The standard InChI is InChI=1S/C19H21N3O3S/c23-18(14-25-17-4-2-1-3-5-17)21-19(26)20-15-6-8-16(9-7-15)22-10-12-24-13-11-22/h1-9H,10-14H2,(H2,20,21,23,26). The molecule has 26 heavy (non-hydrogen) atoms. The second-order valence-electron chi connectivity index (χ2n) is 5.75. The zero-order valence-corrected chi connectivity index (χ0v) is 15.1. The highest BCUT2D eigenvalue weighted by atomic mass is 32.1. The van der Waals surface area contributed by atoms with Crippen molar-refractivity contribution in [2.75, 3.05) is 43.1 Å². The van der Waals surface area contributed by atoms with Gasteiger partial charge in [-0.3, -0.25) is 10.1 Å². The second-order valence-corrected chi connectivity index (χ2v) is 6.16. The summed E-state index contributed by atoms with van der Waals surface area (Å²) in [5.74, 6) is 0.330. The van der Waals surface area contributed by atoms with Crippen LogP contribution >= 0.6 is 12.2 Å². The van der Waals surface area contributed by atoms with Crippen molar-refractivity contribution in [2.24, 2.45) is 0 Å². The van der Waals surface area contributed by atoms with Crippen LogP contribution in [0.2, 0.25) is 0 Å². The lowest BCUT2D eigenvalue weighted by Crippen LogP contribution is -2.37. The summed E-state index contributed by atoms with van der Waals surface area (Å²) >= 11 is 5.18. The molecule has 1 fully saturated rings. The number of hydrogen-bond donors (Lipinski definition) is 2. The molecule has 7 heteroatoms. The maximum atomic E-state index is 11.9. The fourth-order valence-electron chi connectivity index (χ4n) is 2.57. The monoisotopic (exact) mass is 371 g/mol. The highest BCUT2D eigenvalue weighted by Gasteiger charge is 2.11. The quantitative estimate of drug-likeness (QED) is 0.787. The molecule has 0 radical (unpaired) electrons. The molecule has 0 saturated carbocycles. The molecule has 1 saturated heterocycles. The number of carbonyl (C=O) groups is 1. The Morgan fingerprint density at radius 2 is 1.77 bits per heavy atom. The minimum atomic E-state index is -0.309. The van der Waals surface area contributed by atoms with Gasteiger partial charge in [-0.1, -0.05) is 18.2 Å². The number of hydrogen-bond acceptors (Lipinski definition) is 5. The van der Waals surface area contributed by atoms with E-state index in [1.165, 1.54) is 0 Å². The lowest BCUT2D eigenvalue weighted by Gasteiger charge is -2.28. The Morgan fingerprint density at radius 3 is 2.46 bits per heavy atom. The van der Waals surface area contributed by atoms with Crippen molar-refractivity contribution in [3.05, 3.63) is 54.6 Å². The molecule has 2 aromatic carbocycles. The lowest BCUT2D eigenvalue weighted by atomic mass is 10.2. The fraction of sp³-hybridized carbons (Fsp3) is 0.263. The van der Waals surface area contributed by atoms with Crippen LogP contribution in [0.3, 0.4) is 0 Å². The van der Waals surface area contributed by atoms with Crippen molar-refractivity contribution >= 4 is 34.6 Å². The maximum absolute atomic E-state index is 11.9. The van der Waals surface area contributed by atoms with Gasteiger partial charge in [0.1, 0.15) is 5.75 Å². The number of rotatable bonds is 5. The summed E-state index contributed by atoms with van der Waals surface area (Å²) in [5, 5.41) is 5.85. The van der Waals surface area contributed by atoms with E-state index in [2.05, 4.69) is 15.5 Å². The average Bonchev–Trinajstić information content (AvgIpc) is 2.68. The van der Waals surface area contributed by atoms with E-state index in [4.69, 9.17) is 21.7 Å². The molecule has 0 bridgehead atoms. The minimum Gasteiger partial charge on any atom is -0.484 e. The van der Waals surface area contributed by atoms with Crippen LogP contribution < -0.4 is 20.3 Å². The Labute approximate surface area is 158 Å². The van der Waals surface area contributed by atoms with Crippen LogP contribution in [-0.2, 0) is 9.53 Å². The SMILES string of the molecule is O=C(COc1ccccc1)NC(=S)Nc1ccc(N2CCOCC2)cc1. The number of nitrogens with zero attached hydrogens (tertiary/aromatic N) is 1. The van der Waals surface area contributed by atoms with E-state index < -0.39 is 0 Å². The van der Waals surface area contributed by atoms with E-state index in [-0.39, 0.29) is 17.6 Å². The number of nitrogens with one attached hydrogen (secondary N) is 2. The maximum Gasteiger partial charge on any atom is 0.264 e. The summed E-state index contributed by atoms with van der Waals surface area (Å²) in [4.78, 5) is 14.2. The van der Waals surface area contributed by atoms with E-state index in [0.717, 1.165) is 37.7 Å². The summed E-state index contributed by atoms with van der Waals surface area (Å²) in [7, 11) is 0. The molecular formula is C19H21N3O3S. The largest absolute Gasteiger partial charge is 0.484 e. The zero-order valence-electron chi connectivity index (χ0n) is 14.3. The van der Waals surface area contributed by atoms with Crippen LogP contribution in [0.15, 0.2) is 54.6 Å². The molecule has 6 nitrogen and oxygen atoms in total. The highest BCUT2D eigenvalue weighted by molar-refractivity contribution is 7.80. The number of thiocarbonyl (C=S) groups is 1. The molecule has 136 valence electrons. The topological polar surface area (TPSA) is 62.8 Å². The average molecular weight is 371 g/mol. The van der Waals surface area contributed by atoms with Crippen molar-refractivity contribution in [3.8, 4) is 5.75 Å². The predicted octanol–water partition coefficient (Wildman–Crippen LogP) is 2.42. The van der Waals surface area contributed by atoms with E-state index in [9.17, 15) is 4.79 Å². The third-order valence-electron chi connectivity index (χ3n) is 3.87. The molecule has 0 aliphatic carbocycles. The first kappa shape index (κ1) is 18.2. The first-order chi connectivity index (χ1) is 12.7. The second kappa shape index (κ2) is 9.17. The van der Waals surface area contributed by atoms with E-state index in [1.54, 1.807) is 12.1 Å². The molecule has 1 aliphatic heterocycles. The number of amides is 1. The first-order valence-corrected chi connectivity index (χ1v) is 8.83. The molecule has 0 spiro atoms. The van der Waals surface area contributed by atoms with Gasteiger partial charge in [-0.25, -0.2) is 0 Å². The van der Waals surface area contributed by atoms with Crippen LogP contribution in [0.1, 0.15) is 0 Å². The Balaban J connectivity index is 1.44. The van der Waals surface area contributed by atoms with Crippen LogP contribution in [0, 0.1) is 0 Å². The molecule has 0 unspecified atom stereocenters. The normalized spacial score (nSPS) is 13.8. The van der Waals surface area contributed by atoms with Gasteiger partial charge in [0.05, 0.1) is 13.2 Å². The molecule has 1 aliphatic rings. The number of benzene rings is 2. The number of para-hydroxylation sites is 1. The smallest absolute Gasteiger partial charge is 0.264 e. The van der Waals surface area contributed by atoms with Crippen LogP contribution in [0.25, 0.3) is 0 Å².